The summed E-state index contributed by atoms with van der Waals surface area (Å²) in [5.74, 6) is 0.659. The predicted octanol–water partition coefficient (Wildman–Crippen LogP) is 2.02. The molecule has 6 nitrogen and oxygen atoms in total. The van der Waals surface area contributed by atoms with Crippen LogP contribution in [0, 0.1) is 0 Å². The van der Waals surface area contributed by atoms with E-state index in [1.807, 2.05) is 6.07 Å². The minimum atomic E-state index is -3.46. The number of sulfonamides is 1. The molecule has 23 heavy (non-hydrogen) atoms. The highest BCUT2D eigenvalue weighted by molar-refractivity contribution is 14.0. The molecule has 0 amide bonds. The zero-order valence-corrected chi connectivity index (χ0v) is 17.5. The van der Waals surface area contributed by atoms with Crippen molar-refractivity contribution in [3.63, 3.8) is 0 Å². The highest BCUT2D eigenvalue weighted by Crippen LogP contribution is 2.18. The van der Waals surface area contributed by atoms with Crippen molar-refractivity contribution in [2.75, 3.05) is 21.1 Å². The molecule has 1 atom stereocenters. The molecule has 0 radical (unpaired) electrons. The molecule has 0 saturated heterocycles. The van der Waals surface area contributed by atoms with Crippen molar-refractivity contribution in [3.8, 4) is 0 Å². The lowest BCUT2D eigenvalue weighted by Gasteiger charge is -2.18. The van der Waals surface area contributed by atoms with Crippen LogP contribution in [0.1, 0.15) is 25.8 Å². The molecule has 0 aliphatic heterocycles. The maximum absolute atomic E-state index is 12.3. The number of nitrogens with zero attached hydrogens (tertiary/aromatic N) is 2. The van der Waals surface area contributed by atoms with E-state index in [4.69, 9.17) is 0 Å². The fourth-order valence-electron chi connectivity index (χ4n) is 1.81. The van der Waals surface area contributed by atoms with E-state index in [1.54, 1.807) is 25.2 Å². The van der Waals surface area contributed by atoms with Gasteiger partial charge in [-0.05, 0) is 25.0 Å². The average molecular weight is 454 g/mol. The first kappa shape index (κ1) is 22.1. The monoisotopic (exact) mass is 454 g/mol. The summed E-state index contributed by atoms with van der Waals surface area (Å²) in [7, 11) is 1.30. The Kier molecular flexibility index (Phi) is 9.71. The first-order valence-corrected chi connectivity index (χ1v) is 8.74. The first-order valence-electron chi connectivity index (χ1n) is 7.30. The first-order chi connectivity index (χ1) is 10.3. The van der Waals surface area contributed by atoms with E-state index in [-0.39, 0.29) is 24.0 Å². The number of guanidine groups is 1. The molecule has 2 N–H and O–H groups in total. The molecule has 0 bridgehead atoms. The normalized spacial score (nSPS) is 13.4. The Labute approximate surface area is 156 Å². The lowest BCUT2D eigenvalue weighted by molar-refractivity contribution is 0.519. The second kappa shape index (κ2) is 10.1. The SMILES string of the molecule is CCC(C)NC(=NC)NCc1ccccc1S(=O)(=O)N(C)C.I. The molecule has 0 aromatic heterocycles. The van der Waals surface area contributed by atoms with E-state index < -0.39 is 10.0 Å². The third-order valence-corrected chi connectivity index (χ3v) is 5.31. The fourth-order valence-corrected chi connectivity index (χ4v) is 2.92. The number of rotatable bonds is 6. The van der Waals surface area contributed by atoms with Gasteiger partial charge in [0.25, 0.3) is 0 Å². The van der Waals surface area contributed by atoms with Gasteiger partial charge in [-0.3, -0.25) is 4.99 Å². The molecular weight excluding hydrogens is 427 g/mol. The van der Waals surface area contributed by atoms with Crippen LogP contribution in [0.5, 0.6) is 0 Å². The van der Waals surface area contributed by atoms with E-state index >= 15 is 0 Å². The zero-order chi connectivity index (χ0) is 16.8. The fraction of sp³-hybridized carbons (Fsp3) is 0.533. The Hall–Kier alpha value is -0.870. The molecule has 1 aromatic carbocycles. The van der Waals surface area contributed by atoms with Gasteiger partial charge in [-0.2, -0.15) is 0 Å². The third-order valence-electron chi connectivity index (χ3n) is 3.40. The number of hydrogen-bond donors (Lipinski definition) is 2. The van der Waals surface area contributed by atoms with Crippen LogP contribution < -0.4 is 10.6 Å². The van der Waals surface area contributed by atoms with E-state index in [0.29, 0.717) is 29.0 Å². The predicted molar refractivity (Wildman–Crippen MR) is 106 cm³/mol. The van der Waals surface area contributed by atoms with E-state index in [2.05, 4.69) is 29.5 Å². The van der Waals surface area contributed by atoms with Gasteiger partial charge in [0.1, 0.15) is 0 Å². The Morgan fingerprint density at radius 2 is 1.91 bits per heavy atom. The number of halogens is 1. The standard InChI is InChI=1S/C15H26N4O2S.HI/c1-6-12(2)18-15(16-3)17-11-13-9-7-8-10-14(13)22(20,21)19(4)5;/h7-10,12H,6,11H2,1-5H3,(H2,16,17,18);1H. The smallest absolute Gasteiger partial charge is 0.242 e. The summed E-state index contributed by atoms with van der Waals surface area (Å²) < 4.78 is 25.9. The molecule has 1 unspecified atom stereocenters. The van der Waals surface area contributed by atoms with Gasteiger partial charge in [0.05, 0.1) is 4.90 Å². The van der Waals surface area contributed by atoms with Crippen LogP contribution in [0.15, 0.2) is 34.2 Å². The molecular formula is C15H27IN4O2S. The molecule has 132 valence electrons. The zero-order valence-electron chi connectivity index (χ0n) is 14.3. The van der Waals surface area contributed by atoms with Crippen LogP contribution in [-0.2, 0) is 16.6 Å². The molecule has 1 aromatic rings. The van der Waals surface area contributed by atoms with Gasteiger partial charge in [0.2, 0.25) is 10.0 Å². The Bertz CT molecular complexity index is 618. The lowest BCUT2D eigenvalue weighted by atomic mass is 10.2. The van der Waals surface area contributed by atoms with Crippen molar-refractivity contribution in [1.82, 2.24) is 14.9 Å². The summed E-state index contributed by atoms with van der Waals surface area (Å²) in [6.07, 6.45) is 0.978. The molecule has 8 heteroatoms. The maximum Gasteiger partial charge on any atom is 0.242 e. The number of hydrogen-bond acceptors (Lipinski definition) is 3. The topological polar surface area (TPSA) is 73.8 Å². The van der Waals surface area contributed by atoms with Crippen molar-refractivity contribution in [2.24, 2.45) is 4.99 Å². The van der Waals surface area contributed by atoms with Crippen molar-refractivity contribution < 1.29 is 8.42 Å². The number of nitrogens with one attached hydrogen (secondary N) is 2. The lowest BCUT2D eigenvalue weighted by Crippen LogP contribution is -2.41. The largest absolute Gasteiger partial charge is 0.354 e. The van der Waals surface area contributed by atoms with Gasteiger partial charge in [-0.15, -0.1) is 24.0 Å². The molecule has 0 fully saturated rings. The Morgan fingerprint density at radius 3 is 2.43 bits per heavy atom. The Morgan fingerprint density at radius 1 is 1.30 bits per heavy atom. The van der Waals surface area contributed by atoms with E-state index in [9.17, 15) is 8.42 Å². The summed E-state index contributed by atoms with van der Waals surface area (Å²) in [5, 5.41) is 6.40. The molecule has 0 heterocycles. The summed E-state index contributed by atoms with van der Waals surface area (Å²) >= 11 is 0. The van der Waals surface area contributed by atoms with Crippen molar-refractivity contribution in [2.45, 2.75) is 37.8 Å². The van der Waals surface area contributed by atoms with Gasteiger partial charge in [0, 0.05) is 33.7 Å². The van der Waals surface area contributed by atoms with Crippen molar-refractivity contribution in [1.29, 1.82) is 0 Å². The number of benzene rings is 1. The Balaban J connectivity index is 0.00000484. The van der Waals surface area contributed by atoms with Crippen molar-refractivity contribution >= 4 is 40.0 Å². The van der Waals surface area contributed by atoms with Crippen LogP contribution in [0.3, 0.4) is 0 Å². The molecule has 0 aliphatic carbocycles. The van der Waals surface area contributed by atoms with Crippen LogP contribution in [0.25, 0.3) is 0 Å². The van der Waals surface area contributed by atoms with Gasteiger partial charge >= 0.3 is 0 Å². The molecule has 0 aliphatic rings. The van der Waals surface area contributed by atoms with E-state index in [0.717, 1.165) is 6.42 Å². The quantitative estimate of drug-likeness (QED) is 0.392. The summed E-state index contributed by atoms with van der Waals surface area (Å²) in [6, 6.07) is 7.28. The molecule has 0 saturated carbocycles. The third kappa shape index (κ3) is 6.27. The van der Waals surface area contributed by atoms with Crippen LogP contribution >= 0.6 is 24.0 Å². The number of aliphatic imine (C=N–C) groups is 1. The van der Waals surface area contributed by atoms with E-state index in [1.165, 1.54) is 18.4 Å². The van der Waals surface area contributed by atoms with Gasteiger partial charge in [-0.25, -0.2) is 12.7 Å². The average Bonchev–Trinajstić information content (AvgIpc) is 2.51. The second-order valence-corrected chi connectivity index (χ2v) is 7.39. The van der Waals surface area contributed by atoms with Gasteiger partial charge in [-0.1, -0.05) is 25.1 Å². The minimum Gasteiger partial charge on any atom is -0.354 e. The van der Waals surface area contributed by atoms with Gasteiger partial charge < -0.3 is 10.6 Å². The summed E-state index contributed by atoms with van der Waals surface area (Å²) in [6.45, 7) is 4.54. The summed E-state index contributed by atoms with van der Waals surface area (Å²) in [5.41, 5.74) is 0.711. The van der Waals surface area contributed by atoms with Crippen LogP contribution in [0.4, 0.5) is 0 Å². The summed E-state index contributed by atoms with van der Waals surface area (Å²) in [4.78, 5) is 4.46. The molecule has 0 spiro atoms. The van der Waals surface area contributed by atoms with Crippen LogP contribution in [-0.4, -0.2) is 45.9 Å². The second-order valence-electron chi connectivity index (χ2n) is 5.27. The van der Waals surface area contributed by atoms with Gasteiger partial charge in [0.15, 0.2) is 5.96 Å². The minimum absolute atomic E-state index is 0. The van der Waals surface area contributed by atoms with Crippen molar-refractivity contribution in [3.05, 3.63) is 29.8 Å². The maximum atomic E-state index is 12.3. The van der Waals surface area contributed by atoms with Crippen LogP contribution in [0.2, 0.25) is 0 Å². The highest BCUT2D eigenvalue weighted by atomic mass is 127. The highest BCUT2D eigenvalue weighted by Gasteiger charge is 2.20. The molecule has 1 rings (SSSR count).